The summed E-state index contributed by atoms with van der Waals surface area (Å²) in [6, 6.07) is 6.97. The predicted octanol–water partition coefficient (Wildman–Crippen LogP) is 2.90. The number of ketones is 1. The first kappa shape index (κ1) is 15.5. The van der Waals surface area contributed by atoms with Gasteiger partial charge in [-0.3, -0.25) is 4.79 Å². The van der Waals surface area contributed by atoms with E-state index in [1.165, 1.54) is 11.3 Å². The van der Waals surface area contributed by atoms with Gasteiger partial charge in [0.05, 0.1) is 11.4 Å². The molecule has 0 aromatic carbocycles. The van der Waals surface area contributed by atoms with E-state index in [1.54, 1.807) is 6.08 Å². The maximum absolute atomic E-state index is 12.7. The minimum Gasteiger partial charge on any atom is -0.758 e. The van der Waals surface area contributed by atoms with Crippen molar-refractivity contribution in [2.24, 2.45) is 4.99 Å². The Morgan fingerprint density at radius 1 is 1.52 bits per heavy atom. The first-order valence-corrected chi connectivity index (χ1v) is 7.79. The number of hydrogen-bond acceptors (Lipinski definition) is 4. The van der Waals surface area contributed by atoms with Gasteiger partial charge in [-0.1, -0.05) is 12.1 Å². The molecule has 1 atom stereocenters. The van der Waals surface area contributed by atoms with Gasteiger partial charge in [-0.25, -0.2) is 0 Å². The van der Waals surface area contributed by atoms with Crippen LogP contribution in [0.4, 0.5) is 0 Å². The molecule has 0 fully saturated rings. The van der Waals surface area contributed by atoms with Gasteiger partial charge in [-0.2, -0.15) is 4.57 Å². The van der Waals surface area contributed by atoms with Crippen molar-refractivity contribution in [2.75, 3.05) is 6.54 Å². The fourth-order valence-corrected chi connectivity index (χ4v) is 2.94. The molecule has 0 N–H and O–H groups in total. The lowest BCUT2D eigenvalue weighted by atomic mass is 10.1. The molecule has 2 rings (SSSR count). The van der Waals surface area contributed by atoms with Gasteiger partial charge in [0.1, 0.15) is 0 Å². The largest absolute Gasteiger partial charge is 0.758 e. The molecule has 21 heavy (non-hydrogen) atoms. The third kappa shape index (κ3) is 3.83. The van der Waals surface area contributed by atoms with Gasteiger partial charge < -0.3 is 17.6 Å². The number of pyridine rings is 1. The molecule has 0 unspecified atom stereocenters. The molecule has 3 nitrogen and oxygen atoms in total. The van der Waals surface area contributed by atoms with Crippen LogP contribution >= 0.6 is 11.3 Å². The lowest BCUT2D eigenvalue weighted by Gasteiger charge is -2.18. The zero-order valence-electron chi connectivity index (χ0n) is 11.7. The van der Waals surface area contributed by atoms with Crippen molar-refractivity contribution in [3.8, 4) is 0 Å². The van der Waals surface area contributed by atoms with E-state index >= 15 is 0 Å². The fourth-order valence-electron chi connectivity index (χ4n) is 1.95. The molecule has 0 saturated carbocycles. The number of carbonyl (C=O) groups excluding carboxylic acids is 1. The fraction of sp³-hybridized carbons (Fsp3) is 0.188. The molecule has 0 radical (unpaired) electrons. The number of thiophene rings is 1. The third-order valence-electron chi connectivity index (χ3n) is 2.89. The minimum absolute atomic E-state index is 0.0292. The third-order valence-corrected chi connectivity index (χ3v) is 4.13. The van der Waals surface area contributed by atoms with Crippen LogP contribution in [-0.2, 0) is 12.6 Å². The van der Waals surface area contributed by atoms with Crippen molar-refractivity contribution >= 4 is 34.8 Å². The number of Topliss-reactive ketones (excluding diaryl/α,β-unsaturated/α-hetero) is 1. The van der Waals surface area contributed by atoms with Crippen molar-refractivity contribution in [3.05, 3.63) is 65.1 Å². The summed E-state index contributed by atoms with van der Waals surface area (Å²) in [7, 11) is 0. The summed E-state index contributed by atoms with van der Waals surface area (Å²) < 4.78 is 1.83. The van der Waals surface area contributed by atoms with Gasteiger partial charge in [0.15, 0.2) is 12.4 Å². The van der Waals surface area contributed by atoms with Crippen LogP contribution in [0.15, 0.2) is 59.7 Å². The summed E-state index contributed by atoms with van der Waals surface area (Å²) in [4.78, 5) is 17.7. The van der Waals surface area contributed by atoms with E-state index < -0.39 is 6.04 Å². The molecule has 0 saturated heterocycles. The van der Waals surface area contributed by atoms with Gasteiger partial charge in [0.2, 0.25) is 11.8 Å². The molecular weight excluding hydrogens is 300 g/mol. The van der Waals surface area contributed by atoms with Crippen molar-refractivity contribution in [2.45, 2.75) is 13.0 Å². The van der Waals surface area contributed by atoms with Crippen LogP contribution in [-0.4, -0.2) is 17.4 Å². The molecule has 2 aromatic heterocycles. The first-order chi connectivity index (χ1) is 10.1. The Labute approximate surface area is 134 Å². The average Bonchev–Trinajstić information content (AvgIpc) is 2.99. The highest BCUT2D eigenvalue weighted by atomic mass is 32.1. The second-order valence-corrected chi connectivity index (χ2v) is 5.91. The number of hydrogen-bond donors (Lipinski definition) is 0. The van der Waals surface area contributed by atoms with E-state index in [2.05, 4.69) is 11.6 Å². The van der Waals surface area contributed by atoms with E-state index in [9.17, 15) is 4.79 Å². The molecule has 0 aliphatic rings. The summed E-state index contributed by atoms with van der Waals surface area (Å²) in [5.74, 6) is -0.0292. The van der Waals surface area contributed by atoms with Crippen LogP contribution < -0.4 is 4.57 Å². The summed E-state index contributed by atoms with van der Waals surface area (Å²) in [6.07, 6.45) is 5.42. The normalized spacial score (nSPS) is 12.9. The van der Waals surface area contributed by atoms with Crippen molar-refractivity contribution in [1.82, 2.24) is 0 Å². The van der Waals surface area contributed by atoms with E-state index in [0.717, 1.165) is 5.56 Å². The summed E-state index contributed by atoms with van der Waals surface area (Å²) in [5.41, 5.74) is 1.06. The molecule has 5 heteroatoms. The number of aromatic nitrogens is 1. The van der Waals surface area contributed by atoms with Crippen molar-refractivity contribution in [3.63, 3.8) is 0 Å². The van der Waals surface area contributed by atoms with Gasteiger partial charge in [-0.15, -0.1) is 17.9 Å². The second kappa shape index (κ2) is 7.24. The van der Waals surface area contributed by atoms with Gasteiger partial charge in [0.25, 0.3) is 0 Å². The molecule has 108 valence electrons. The maximum atomic E-state index is 12.7. The highest BCUT2D eigenvalue weighted by molar-refractivity contribution is 7.77. The molecular formula is C16H16N2OS2. The zero-order valence-corrected chi connectivity index (χ0v) is 13.4. The average molecular weight is 316 g/mol. The molecule has 2 heterocycles. The van der Waals surface area contributed by atoms with Crippen molar-refractivity contribution in [1.29, 1.82) is 0 Å². The number of nitrogens with zero attached hydrogens (tertiary/aromatic N) is 2. The van der Waals surface area contributed by atoms with Gasteiger partial charge in [0, 0.05) is 11.6 Å². The molecule has 0 aliphatic carbocycles. The minimum atomic E-state index is -0.585. The van der Waals surface area contributed by atoms with Crippen LogP contribution in [0.5, 0.6) is 0 Å². The SMILES string of the molecule is C=CCN=C([S-])[C@H](C(=O)c1cccs1)[n+]1cccc(C)c1. The Morgan fingerprint density at radius 2 is 2.33 bits per heavy atom. The Balaban J connectivity index is 2.44. The van der Waals surface area contributed by atoms with Crippen LogP contribution in [0.3, 0.4) is 0 Å². The van der Waals surface area contributed by atoms with E-state index in [-0.39, 0.29) is 5.78 Å². The highest BCUT2D eigenvalue weighted by Crippen LogP contribution is 2.16. The lowest BCUT2D eigenvalue weighted by Crippen LogP contribution is -2.47. The molecule has 0 amide bonds. The van der Waals surface area contributed by atoms with E-state index in [1.807, 2.05) is 53.5 Å². The molecule has 0 spiro atoms. The monoisotopic (exact) mass is 316 g/mol. The van der Waals surface area contributed by atoms with Crippen LogP contribution in [0.2, 0.25) is 0 Å². The second-order valence-electron chi connectivity index (χ2n) is 4.54. The molecule has 2 aromatic rings. The lowest BCUT2D eigenvalue weighted by molar-refractivity contribution is -0.692. The standard InChI is InChI=1S/C16H16N2OS2/c1-3-8-17-16(20)14(15(19)13-7-5-10-21-13)18-9-4-6-12(2)11-18/h3-7,9-11,14H,1,8H2,2H3/t14-/m0/s1. The summed E-state index contributed by atoms with van der Waals surface area (Å²) in [5, 5.41) is 2.26. The quantitative estimate of drug-likeness (QED) is 0.205. The highest BCUT2D eigenvalue weighted by Gasteiger charge is 2.28. The summed E-state index contributed by atoms with van der Waals surface area (Å²) in [6.45, 7) is 6.03. The number of aryl methyl sites for hydroxylation is 1. The molecule has 0 aliphatic heterocycles. The Kier molecular flexibility index (Phi) is 5.36. The van der Waals surface area contributed by atoms with E-state index in [0.29, 0.717) is 16.5 Å². The number of carbonyl (C=O) groups is 1. The smallest absolute Gasteiger partial charge is 0.244 e. The Morgan fingerprint density at radius 3 is 2.95 bits per heavy atom. The van der Waals surface area contributed by atoms with Crippen LogP contribution in [0.25, 0.3) is 0 Å². The predicted molar refractivity (Wildman–Crippen MR) is 88.9 cm³/mol. The van der Waals surface area contributed by atoms with Gasteiger partial charge in [-0.05, 0) is 29.5 Å². The maximum Gasteiger partial charge on any atom is 0.244 e. The van der Waals surface area contributed by atoms with Crippen LogP contribution in [0.1, 0.15) is 21.3 Å². The zero-order chi connectivity index (χ0) is 15.2. The number of rotatable bonds is 6. The first-order valence-electron chi connectivity index (χ1n) is 6.51. The van der Waals surface area contributed by atoms with Crippen LogP contribution in [0, 0.1) is 6.92 Å². The van der Waals surface area contributed by atoms with Gasteiger partial charge >= 0.3 is 0 Å². The van der Waals surface area contributed by atoms with Crippen molar-refractivity contribution < 1.29 is 9.36 Å². The summed E-state index contributed by atoms with van der Waals surface area (Å²) >= 11 is 6.78. The van der Waals surface area contributed by atoms with E-state index in [4.69, 9.17) is 12.6 Å². The number of aliphatic imine (C=N–C) groups is 1. The topological polar surface area (TPSA) is 33.3 Å². The molecule has 0 bridgehead atoms. The Hall–Kier alpha value is -1.85. The Bertz CT molecular complexity index is 663.